The molecule has 1 fully saturated rings. The smallest absolute Gasteiger partial charge is 0.390 e. The van der Waals surface area contributed by atoms with Crippen LogP contribution in [0.1, 0.15) is 58.9 Å². The summed E-state index contributed by atoms with van der Waals surface area (Å²) in [5, 5.41) is 18.2. The molecule has 0 radical (unpaired) electrons. The van der Waals surface area contributed by atoms with Gasteiger partial charge in [-0.05, 0) is 69.7 Å². The molecule has 0 amide bonds. The van der Waals surface area contributed by atoms with E-state index in [1.165, 1.54) is 12.3 Å². The topological polar surface area (TPSA) is 62.5 Å². The molecular formula is C24H31F3N4O. The average Bonchev–Trinajstić information content (AvgIpc) is 3.18. The van der Waals surface area contributed by atoms with Crippen LogP contribution in [-0.2, 0) is 6.18 Å². The van der Waals surface area contributed by atoms with Crippen molar-refractivity contribution in [3.63, 3.8) is 0 Å². The van der Waals surface area contributed by atoms with E-state index in [2.05, 4.69) is 15.4 Å². The van der Waals surface area contributed by atoms with Gasteiger partial charge in [0, 0.05) is 11.6 Å². The molecule has 1 aromatic carbocycles. The Balaban J connectivity index is 0.00000141. The van der Waals surface area contributed by atoms with Crippen molar-refractivity contribution >= 4 is 11.5 Å². The van der Waals surface area contributed by atoms with Crippen LogP contribution in [0.15, 0.2) is 42.6 Å². The number of nitrogens with zero attached hydrogens (tertiary/aromatic N) is 3. The van der Waals surface area contributed by atoms with E-state index in [4.69, 9.17) is 0 Å². The van der Waals surface area contributed by atoms with Gasteiger partial charge in [-0.1, -0.05) is 26.0 Å². The van der Waals surface area contributed by atoms with Crippen LogP contribution < -0.4 is 5.32 Å². The lowest BCUT2D eigenvalue weighted by Gasteiger charge is -2.36. The van der Waals surface area contributed by atoms with Gasteiger partial charge in [0.2, 0.25) is 0 Å². The molecule has 0 unspecified atom stereocenters. The van der Waals surface area contributed by atoms with E-state index in [0.717, 1.165) is 37.8 Å². The standard InChI is InChI=1S/C22H25F3N4O.C2H6/c1-21(2,30)15-6-8-17(9-7-15)27-19-10-11-20-26-13-18(29(20)28-19)14-4-3-5-16(12-14)22(23,24)25;1-2/h3-5,10-13,15,17,30H,6-9H2,1-2H3,(H,27,28);1-2H3. The maximum atomic E-state index is 13.1. The fraction of sp³-hybridized carbons (Fsp3) is 0.500. The predicted octanol–water partition coefficient (Wildman–Crippen LogP) is 6.18. The van der Waals surface area contributed by atoms with Crippen LogP contribution in [0.2, 0.25) is 0 Å². The molecule has 1 aliphatic carbocycles. The largest absolute Gasteiger partial charge is 0.416 e. The number of fused-ring (bicyclic) bond motifs is 1. The molecule has 2 heterocycles. The second kappa shape index (κ2) is 9.48. The Morgan fingerprint density at radius 2 is 1.72 bits per heavy atom. The minimum absolute atomic E-state index is 0.245. The lowest BCUT2D eigenvalue weighted by atomic mass is 9.77. The number of hydrogen-bond acceptors (Lipinski definition) is 4. The van der Waals surface area contributed by atoms with Gasteiger partial charge in [0.25, 0.3) is 0 Å². The van der Waals surface area contributed by atoms with E-state index in [1.807, 2.05) is 33.8 Å². The minimum Gasteiger partial charge on any atom is -0.390 e. The fourth-order valence-corrected chi connectivity index (χ4v) is 4.16. The highest BCUT2D eigenvalue weighted by Gasteiger charge is 2.32. The summed E-state index contributed by atoms with van der Waals surface area (Å²) in [7, 11) is 0. The van der Waals surface area contributed by atoms with Crippen LogP contribution >= 0.6 is 0 Å². The zero-order chi connectivity index (χ0) is 23.5. The second-order valence-electron chi connectivity index (χ2n) is 8.56. The maximum absolute atomic E-state index is 13.1. The van der Waals surface area contributed by atoms with E-state index in [9.17, 15) is 18.3 Å². The van der Waals surface area contributed by atoms with Crippen molar-refractivity contribution in [3.8, 4) is 11.3 Å². The summed E-state index contributed by atoms with van der Waals surface area (Å²) < 4.78 is 40.8. The van der Waals surface area contributed by atoms with Crippen molar-refractivity contribution < 1.29 is 18.3 Å². The summed E-state index contributed by atoms with van der Waals surface area (Å²) in [6, 6.07) is 9.06. The van der Waals surface area contributed by atoms with Crippen LogP contribution in [0, 0.1) is 5.92 Å². The Morgan fingerprint density at radius 1 is 1.03 bits per heavy atom. The third kappa shape index (κ3) is 5.41. The predicted molar refractivity (Wildman–Crippen MR) is 120 cm³/mol. The number of hydrogen-bond donors (Lipinski definition) is 2. The van der Waals surface area contributed by atoms with Gasteiger partial charge in [0.15, 0.2) is 5.65 Å². The zero-order valence-electron chi connectivity index (χ0n) is 18.9. The quantitative estimate of drug-likeness (QED) is 0.500. The highest BCUT2D eigenvalue weighted by molar-refractivity contribution is 5.64. The van der Waals surface area contributed by atoms with Crippen molar-refractivity contribution in [1.82, 2.24) is 14.6 Å². The molecule has 1 saturated carbocycles. The van der Waals surface area contributed by atoms with Crippen LogP contribution in [0.25, 0.3) is 16.9 Å². The fourth-order valence-electron chi connectivity index (χ4n) is 4.16. The summed E-state index contributed by atoms with van der Waals surface area (Å²) in [4.78, 5) is 4.28. The van der Waals surface area contributed by atoms with Crippen LogP contribution in [-0.4, -0.2) is 31.3 Å². The molecule has 0 saturated heterocycles. The first-order chi connectivity index (χ1) is 15.1. The molecule has 8 heteroatoms. The van der Waals surface area contributed by atoms with E-state index < -0.39 is 17.3 Å². The average molecular weight is 449 g/mol. The zero-order valence-corrected chi connectivity index (χ0v) is 18.9. The lowest BCUT2D eigenvalue weighted by molar-refractivity contribution is -0.137. The first-order valence-corrected chi connectivity index (χ1v) is 11.1. The first kappa shape index (κ1) is 24.0. The highest BCUT2D eigenvalue weighted by atomic mass is 19.4. The van der Waals surface area contributed by atoms with Gasteiger partial charge < -0.3 is 10.4 Å². The molecule has 1 aliphatic rings. The number of benzene rings is 1. The molecule has 0 spiro atoms. The van der Waals surface area contributed by atoms with E-state index >= 15 is 0 Å². The number of aliphatic hydroxyl groups is 1. The molecule has 3 aromatic rings. The third-order valence-electron chi connectivity index (χ3n) is 5.93. The summed E-state index contributed by atoms with van der Waals surface area (Å²) in [6.07, 6.45) is 0.861. The molecule has 32 heavy (non-hydrogen) atoms. The molecular weight excluding hydrogens is 417 g/mol. The molecule has 0 atom stereocenters. The van der Waals surface area contributed by atoms with Gasteiger partial charge >= 0.3 is 6.18 Å². The molecule has 2 N–H and O–H groups in total. The van der Waals surface area contributed by atoms with Gasteiger partial charge in [-0.3, -0.25) is 0 Å². The van der Waals surface area contributed by atoms with Crippen molar-refractivity contribution in [2.45, 2.75) is 71.2 Å². The molecule has 4 rings (SSSR count). The highest BCUT2D eigenvalue weighted by Crippen LogP contribution is 2.34. The Hall–Kier alpha value is -2.61. The van der Waals surface area contributed by atoms with E-state index in [-0.39, 0.29) is 12.0 Å². The van der Waals surface area contributed by atoms with Crippen molar-refractivity contribution in [2.24, 2.45) is 5.92 Å². The molecule has 0 bridgehead atoms. The Labute approximate surface area is 186 Å². The number of anilines is 1. The summed E-state index contributed by atoms with van der Waals surface area (Å²) in [5.41, 5.74) is 0.114. The number of alkyl halides is 3. The number of aromatic nitrogens is 3. The van der Waals surface area contributed by atoms with Crippen LogP contribution in [0.3, 0.4) is 0 Å². The van der Waals surface area contributed by atoms with Crippen LogP contribution in [0.5, 0.6) is 0 Å². The van der Waals surface area contributed by atoms with E-state index in [0.29, 0.717) is 22.7 Å². The monoisotopic (exact) mass is 448 g/mol. The Kier molecular flexibility index (Phi) is 7.12. The van der Waals surface area contributed by atoms with Crippen molar-refractivity contribution in [2.75, 3.05) is 5.32 Å². The summed E-state index contributed by atoms with van der Waals surface area (Å²) in [5.74, 6) is 0.938. The molecule has 2 aromatic heterocycles. The van der Waals surface area contributed by atoms with Crippen LogP contribution in [0.4, 0.5) is 19.0 Å². The number of halogens is 3. The maximum Gasteiger partial charge on any atom is 0.416 e. The van der Waals surface area contributed by atoms with Crippen molar-refractivity contribution in [1.29, 1.82) is 0 Å². The van der Waals surface area contributed by atoms with Gasteiger partial charge in [-0.25, -0.2) is 9.50 Å². The lowest BCUT2D eigenvalue weighted by Crippen LogP contribution is -2.37. The van der Waals surface area contributed by atoms with Crippen molar-refractivity contribution in [3.05, 3.63) is 48.2 Å². The third-order valence-corrected chi connectivity index (χ3v) is 5.93. The number of nitrogens with one attached hydrogen (secondary N) is 1. The van der Waals surface area contributed by atoms with Gasteiger partial charge in [-0.15, -0.1) is 5.10 Å². The summed E-state index contributed by atoms with van der Waals surface area (Å²) in [6.45, 7) is 7.71. The second-order valence-corrected chi connectivity index (χ2v) is 8.56. The Bertz CT molecular complexity index is 1030. The van der Waals surface area contributed by atoms with E-state index in [1.54, 1.807) is 16.6 Å². The van der Waals surface area contributed by atoms with Gasteiger partial charge in [0.05, 0.1) is 23.1 Å². The number of rotatable bonds is 4. The Morgan fingerprint density at radius 3 is 2.34 bits per heavy atom. The first-order valence-electron chi connectivity index (χ1n) is 11.1. The summed E-state index contributed by atoms with van der Waals surface area (Å²) >= 11 is 0. The molecule has 5 nitrogen and oxygen atoms in total. The SMILES string of the molecule is CC.CC(C)(O)C1CCC(Nc2ccc3ncc(-c4cccc(C(F)(F)F)c4)n3n2)CC1. The van der Waals surface area contributed by atoms with Gasteiger partial charge in [0.1, 0.15) is 5.82 Å². The normalized spacial score (nSPS) is 19.4. The molecule has 174 valence electrons. The molecule has 0 aliphatic heterocycles. The number of imidazole rings is 1. The van der Waals surface area contributed by atoms with Gasteiger partial charge in [-0.2, -0.15) is 13.2 Å². The minimum atomic E-state index is -4.40.